The van der Waals surface area contributed by atoms with Gasteiger partial charge in [0.25, 0.3) is 6.47 Å². The molecule has 7 heteroatoms. The second kappa shape index (κ2) is 10.0. The van der Waals surface area contributed by atoms with Crippen LogP contribution in [0.25, 0.3) is 10.8 Å². The summed E-state index contributed by atoms with van der Waals surface area (Å²) in [7, 11) is 6.53. The fraction of sp³-hybridized carbons (Fsp3) is 0.238. The van der Waals surface area contributed by atoms with Crippen molar-refractivity contribution in [2.45, 2.75) is 6.42 Å². The van der Waals surface area contributed by atoms with E-state index in [0.717, 1.165) is 22.0 Å². The number of carbonyl (C=O) groups is 1. The maximum absolute atomic E-state index is 8.36. The van der Waals surface area contributed by atoms with Crippen molar-refractivity contribution in [1.82, 2.24) is 4.98 Å². The lowest BCUT2D eigenvalue weighted by atomic mass is 10.0. The summed E-state index contributed by atoms with van der Waals surface area (Å²) in [4.78, 5) is 12.9. The Labute approximate surface area is 163 Å². The molecule has 3 rings (SSSR count). The molecule has 0 atom stereocenters. The summed E-state index contributed by atoms with van der Waals surface area (Å²) >= 11 is 0. The lowest BCUT2D eigenvalue weighted by Gasteiger charge is -2.12. The topological polar surface area (TPSA) is 87.1 Å². The van der Waals surface area contributed by atoms with Crippen LogP contribution in [0.15, 0.2) is 42.6 Å². The fourth-order valence-electron chi connectivity index (χ4n) is 2.88. The van der Waals surface area contributed by atoms with Crippen LogP contribution in [0.1, 0.15) is 11.3 Å². The van der Waals surface area contributed by atoms with Gasteiger partial charge in [-0.05, 0) is 41.3 Å². The summed E-state index contributed by atoms with van der Waals surface area (Å²) < 4.78 is 21.5. The molecule has 1 N–H and O–H groups in total. The van der Waals surface area contributed by atoms with E-state index in [-0.39, 0.29) is 6.47 Å². The molecule has 2 aromatic carbocycles. The van der Waals surface area contributed by atoms with E-state index in [9.17, 15) is 0 Å². The average Bonchev–Trinajstić information content (AvgIpc) is 2.73. The van der Waals surface area contributed by atoms with E-state index in [2.05, 4.69) is 4.98 Å². The highest BCUT2D eigenvalue weighted by molar-refractivity contribution is 5.88. The highest BCUT2D eigenvalue weighted by Crippen LogP contribution is 2.34. The average molecular weight is 385 g/mol. The highest BCUT2D eigenvalue weighted by Gasteiger charge is 2.11. The minimum absolute atomic E-state index is 0.250. The van der Waals surface area contributed by atoms with Gasteiger partial charge in [-0.15, -0.1) is 0 Å². The molecular weight excluding hydrogens is 362 g/mol. The Bertz CT molecular complexity index is 942. The number of aromatic nitrogens is 1. The van der Waals surface area contributed by atoms with Crippen molar-refractivity contribution in [3.05, 3.63) is 53.9 Å². The minimum Gasteiger partial charge on any atom is -0.493 e. The number of nitrogens with zero attached hydrogens (tertiary/aromatic N) is 1. The van der Waals surface area contributed by atoms with Crippen LogP contribution >= 0.6 is 0 Å². The summed E-state index contributed by atoms with van der Waals surface area (Å²) in [5.41, 5.74) is 2.05. The quantitative estimate of drug-likeness (QED) is 0.649. The first kappa shape index (κ1) is 20.8. The Morgan fingerprint density at radius 1 is 0.857 bits per heavy atom. The molecule has 0 saturated carbocycles. The zero-order valence-corrected chi connectivity index (χ0v) is 16.3. The SMILES string of the molecule is COc1ccc(Cc2nccc3cc(OC)c(OC)cc23)cc1OC.O=CO. The van der Waals surface area contributed by atoms with Crippen LogP contribution in [0.4, 0.5) is 0 Å². The molecule has 28 heavy (non-hydrogen) atoms. The van der Waals surface area contributed by atoms with Crippen LogP contribution in [-0.2, 0) is 11.2 Å². The number of benzene rings is 2. The molecule has 0 saturated heterocycles. The van der Waals surface area contributed by atoms with Crippen molar-refractivity contribution in [2.75, 3.05) is 28.4 Å². The standard InChI is InChI=1S/C20H21NO4.CH2O2/c1-22-17-6-5-13(10-18(17)23-2)9-16-15-12-20(25-4)19(24-3)11-14(15)7-8-21-16;2-1-3/h5-8,10-12H,9H2,1-4H3;1H,(H,2,3). The molecule has 0 spiro atoms. The van der Waals surface area contributed by atoms with Crippen molar-refractivity contribution in [3.63, 3.8) is 0 Å². The van der Waals surface area contributed by atoms with Crippen molar-refractivity contribution in [1.29, 1.82) is 0 Å². The lowest BCUT2D eigenvalue weighted by molar-refractivity contribution is -0.122. The fourth-order valence-corrected chi connectivity index (χ4v) is 2.88. The van der Waals surface area contributed by atoms with Crippen LogP contribution in [0, 0.1) is 0 Å². The van der Waals surface area contributed by atoms with Crippen LogP contribution < -0.4 is 18.9 Å². The Morgan fingerprint density at radius 2 is 1.43 bits per heavy atom. The second-order valence-corrected chi connectivity index (χ2v) is 5.66. The van der Waals surface area contributed by atoms with Crippen molar-refractivity contribution in [2.24, 2.45) is 0 Å². The summed E-state index contributed by atoms with van der Waals surface area (Å²) in [5, 5.41) is 8.98. The maximum atomic E-state index is 8.36. The third-order valence-corrected chi connectivity index (χ3v) is 4.17. The third-order valence-electron chi connectivity index (χ3n) is 4.17. The monoisotopic (exact) mass is 385 g/mol. The number of carboxylic acid groups (broad SMARTS) is 1. The Kier molecular flexibility index (Phi) is 7.45. The zero-order valence-electron chi connectivity index (χ0n) is 16.3. The van der Waals surface area contributed by atoms with E-state index in [1.807, 2.05) is 42.6 Å². The maximum Gasteiger partial charge on any atom is 0.290 e. The molecule has 0 bridgehead atoms. The van der Waals surface area contributed by atoms with Gasteiger partial charge in [-0.2, -0.15) is 0 Å². The van der Waals surface area contributed by atoms with Crippen LogP contribution in [0.2, 0.25) is 0 Å². The van der Waals surface area contributed by atoms with Gasteiger partial charge in [0.1, 0.15) is 0 Å². The van der Waals surface area contributed by atoms with Gasteiger partial charge >= 0.3 is 0 Å². The van der Waals surface area contributed by atoms with E-state index in [0.29, 0.717) is 29.4 Å². The van der Waals surface area contributed by atoms with Gasteiger partial charge in [-0.1, -0.05) is 6.07 Å². The first-order chi connectivity index (χ1) is 13.6. The zero-order chi connectivity index (χ0) is 20.5. The van der Waals surface area contributed by atoms with Crippen molar-refractivity contribution >= 4 is 17.2 Å². The predicted molar refractivity (Wildman–Crippen MR) is 106 cm³/mol. The summed E-state index contributed by atoms with van der Waals surface area (Å²) in [6.07, 6.45) is 2.48. The molecule has 7 nitrogen and oxygen atoms in total. The number of ether oxygens (including phenoxy) is 4. The molecule has 0 aliphatic heterocycles. The lowest BCUT2D eigenvalue weighted by Crippen LogP contribution is -1.97. The molecule has 0 unspecified atom stereocenters. The van der Waals surface area contributed by atoms with E-state index < -0.39 is 0 Å². The van der Waals surface area contributed by atoms with Crippen LogP contribution in [0.5, 0.6) is 23.0 Å². The van der Waals surface area contributed by atoms with Gasteiger partial charge in [-0.25, -0.2) is 0 Å². The van der Waals surface area contributed by atoms with Gasteiger partial charge in [0.15, 0.2) is 23.0 Å². The molecule has 0 radical (unpaired) electrons. The van der Waals surface area contributed by atoms with E-state index in [4.69, 9.17) is 28.8 Å². The first-order valence-corrected chi connectivity index (χ1v) is 8.40. The number of rotatable bonds is 6. The molecule has 1 heterocycles. The third kappa shape index (κ3) is 4.62. The van der Waals surface area contributed by atoms with Gasteiger partial charge in [0.2, 0.25) is 0 Å². The van der Waals surface area contributed by atoms with Gasteiger partial charge in [0, 0.05) is 18.0 Å². The predicted octanol–water partition coefficient (Wildman–Crippen LogP) is 3.56. The molecule has 0 amide bonds. The number of pyridine rings is 1. The normalized spacial score (nSPS) is 9.86. The Balaban J connectivity index is 0.000000878. The Morgan fingerprint density at radius 3 is 2.04 bits per heavy atom. The minimum atomic E-state index is -0.250. The molecule has 0 aliphatic carbocycles. The van der Waals surface area contributed by atoms with E-state index in [1.54, 1.807) is 28.4 Å². The summed E-state index contributed by atoms with van der Waals surface area (Å²) in [6.45, 7) is -0.250. The van der Waals surface area contributed by atoms with Crippen molar-refractivity contribution < 1.29 is 28.8 Å². The van der Waals surface area contributed by atoms with Gasteiger partial charge in [0.05, 0.1) is 34.1 Å². The molecular formula is C21H23NO6. The molecule has 0 fully saturated rings. The largest absolute Gasteiger partial charge is 0.493 e. The smallest absolute Gasteiger partial charge is 0.290 e. The Hall–Kier alpha value is -3.48. The molecule has 148 valence electrons. The number of hydrogen-bond acceptors (Lipinski definition) is 6. The number of hydrogen-bond donors (Lipinski definition) is 1. The van der Waals surface area contributed by atoms with Gasteiger partial charge < -0.3 is 24.1 Å². The number of methoxy groups -OCH3 is 4. The highest BCUT2D eigenvalue weighted by atomic mass is 16.5. The summed E-state index contributed by atoms with van der Waals surface area (Å²) in [6, 6.07) is 11.8. The van der Waals surface area contributed by atoms with Crippen molar-refractivity contribution in [3.8, 4) is 23.0 Å². The number of fused-ring (bicyclic) bond motifs is 1. The van der Waals surface area contributed by atoms with E-state index >= 15 is 0 Å². The molecule has 1 aromatic heterocycles. The molecule has 3 aromatic rings. The van der Waals surface area contributed by atoms with Gasteiger partial charge in [-0.3, -0.25) is 9.78 Å². The van der Waals surface area contributed by atoms with Crippen LogP contribution in [0.3, 0.4) is 0 Å². The molecule has 0 aliphatic rings. The summed E-state index contributed by atoms with van der Waals surface area (Å²) in [5.74, 6) is 2.82. The van der Waals surface area contributed by atoms with Crippen LogP contribution in [-0.4, -0.2) is 45.0 Å². The van der Waals surface area contributed by atoms with E-state index in [1.165, 1.54) is 0 Å². The first-order valence-electron chi connectivity index (χ1n) is 8.40. The second-order valence-electron chi connectivity index (χ2n) is 5.66.